The van der Waals surface area contributed by atoms with Gasteiger partial charge in [-0.15, -0.1) is 0 Å². The quantitative estimate of drug-likeness (QED) is 0.470. The van der Waals surface area contributed by atoms with Gasteiger partial charge in [-0.3, -0.25) is 14.2 Å². The molecule has 1 aliphatic heterocycles. The highest BCUT2D eigenvalue weighted by Crippen LogP contribution is 2.39. The minimum Gasteiger partial charge on any atom is -0.493 e. The van der Waals surface area contributed by atoms with Crippen LogP contribution in [0, 0.1) is 5.92 Å². The van der Waals surface area contributed by atoms with Crippen molar-refractivity contribution in [3.63, 3.8) is 0 Å². The minimum atomic E-state index is -3.75. The van der Waals surface area contributed by atoms with Crippen LogP contribution in [-0.2, 0) is 21.4 Å². The molecular weight excluding hydrogens is 500 g/mol. The number of rotatable bonds is 8. The Kier molecular flexibility index (Phi) is 7.69. The van der Waals surface area contributed by atoms with Crippen molar-refractivity contribution in [3.05, 3.63) is 47.0 Å². The SMILES string of the molecule is COc1cc(NC(=O)Cn2cnc3ccc(S(=O)(=O)N4CCC(C)CC4)cc3c2=O)cc(OC)c1OC. The summed E-state index contributed by atoms with van der Waals surface area (Å²) in [7, 11) is 0.652. The number of benzene rings is 2. The molecule has 1 saturated heterocycles. The summed E-state index contributed by atoms with van der Waals surface area (Å²) in [5, 5.41) is 2.82. The Morgan fingerprint density at radius 3 is 2.30 bits per heavy atom. The second-order valence-electron chi connectivity index (χ2n) is 8.91. The zero-order chi connectivity index (χ0) is 26.7. The van der Waals surface area contributed by atoms with Gasteiger partial charge >= 0.3 is 0 Å². The third-order valence-electron chi connectivity index (χ3n) is 6.44. The van der Waals surface area contributed by atoms with Gasteiger partial charge in [0, 0.05) is 30.9 Å². The molecule has 1 amide bonds. The zero-order valence-electron chi connectivity index (χ0n) is 21.2. The third kappa shape index (κ3) is 5.39. The van der Waals surface area contributed by atoms with E-state index in [4.69, 9.17) is 14.2 Å². The van der Waals surface area contributed by atoms with Crippen LogP contribution in [0.15, 0.2) is 46.3 Å². The second kappa shape index (κ2) is 10.8. The van der Waals surface area contributed by atoms with Gasteiger partial charge in [-0.05, 0) is 37.0 Å². The number of sulfonamides is 1. The van der Waals surface area contributed by atoms with Gasteiger partial charge in [-0.25, -0.2) is 13.4 Å². The van der Waals surface area contributed by atoms with Crippen LogP contribution in [0.25, 0.3) is 10.9 Å². The van der Waals surface area contributed by atoms with Crippen LogP contribution in [0.5, 0.6) is 17.2 Å². The van der Waals surface area contributed by atoms with E-state index in [-0.39, 0.29) is 16.8 Å². The first-order valence-electron chi connectivity index (χ1n) is 11.8. The van der Waals surface area contributed by atoms with Gasteiger partial charge in [0.25, 0.3) is 5.56 Å². The maximum Gasteiger partial charge on any atom is 0.261 e. The Bertz CT molecular complexity index is 1450. The molecule has 1 aliphatic rings. The van der Waals surface area contributed by atoms with Gasteiger partial charge in [-0.2, -0.15) is 4.31 Å². The van der Waals surface area contributed by atoms with Crippen LogP contribution in [0.1, 0.15) is 19.8 Å². The Labute approximate surface area is 215 Å². The molecule has 1 fully saturated rings. The summed E-state index contributed by atoms with van der Waals surface area (Å²) in [5.74, 6) is 1.08. The minimum absolute atomic E-state index is 0.0353. The van der Waals surface area contributed by atoms with E-state index >= 15 is 0 Å². The van der Waals surface area contributed by atoms with Gasteiger partial charge in [0.2, 0.25) is 21.7 Å². The standard InChI is InChI=1S/C25H30N4O7S/c1-16-7-9-29(10-8-16)37(32,33)18-5-6-20-19(13-18)25(31)28(15-26-20)14-23(30)27-17-11-21(34-2)24(36-4)22(12-17)35-3/h5-6,11-13,15-16H,7-10,14H2,1-4H3,(H,27,30). The number of piperidine rings is 1. The van der Waals surface area contributed by atoms with E-state index in [0.717, 1.165) is 17.4 Å². The van der Waals surface area contributed by atoms with Gasteiger partial charge in [0.05, 0.1) is 43.5 Å². The first-order chi connectivity index (χ1) is 17.7. The average molecular weight is 531 g/mol. The molecule has 0 unspecified atom stereocenters. The Morgan fingerprint density at radius 2 is 1.70 bits per heavy atom. The summed E-state index contributed by atoms with van der Waals surface area (Å²) < 4.78 is 44.8. The fourth-order valence-electron chi connectivity index (χ4n) is 4.29. The summed E-state index contributed by atoms with van der Waals surface area (Å²) in [5.41, 5.74) is 0.206. The number of fused-ring (bicyclic) bond motifs is 1. The lowest BCUT2D eigenvalue weighted by Gasteiger charge is -2.29. The molecule has 37 heavy (non-hydrogen) atoms. The molecular formula is C25H30N4O7S. The highest BCUT2D eigenvalue weighted by atomic mass is 32.2. The van der Waals surface area contributed by atoms with Crippen molar-refractivity contribution in [1.29, 1.82) is 0 Å². The Hall–Kier alpha value is -3.64. The molecule has 3 aromatic rings. The van der Waals surface area contributed by atoms with E-state index in [1.807, 2.05) is 0 Å². The molecule has 12 heteroatoms. The molecule has 1 N–H and O–H groups in total. The number of aromatic nitrogens is 2. The molecule has 2 aromatic carbocycles. The second-order valence-corrected chi connectivity index (χ2v) is 10.8. The van der Waals surface area contributed by atoms with Crippen LogP contribution in [0.4, 0.5) is 5.69 Å². The van der Waals surface area contributed by atoms with Crippen LogP contribution in [0.3, 0.4) is 0 Å². The molecule has 0 saturated carbocycles. The number of methoxy groups -OCH3 is 3. The number of hydrogen-bond acceptors (Lipinski definition) is 8. The van der Waals surface area contributed by atoms with Crippen molar-refractivity contribution >= 4 is 32.5 Å². The summed E-state index contributed by atoms with van der Waals surface area (Å²) >= 11 is 0. The fourth-order valence-corrected chi connectivity index (χ4v) is 5.79. The van der Waals surface area contributed by atoms with E-state index in [0.29, 0.717) is 47.5 Å². The molecule has 11 nitrogen and oxygen atoms in total. The largest absolute Gasteiger partial charge is 0.493 e. The summed E-state index contributed by atoms with van der Waals surface area (Å²) in [4.78, 5) is 30.2. The number of nitrogens with one attached hydrogen (secondary N) is 1. The maximum atomic E-state index is 13.2. The van der Waals surface area contributed by atoms with E-state index < -0.39 is 21.5 Å². The molecule has 198 valence electrons. The normalized spacial score (nSPS) is 14.9. The summed E-state index contributed by atoms with van der Waals surface area (Å²) in [6.45, 7) is 2.66. The molecule has 0 radical (unpaired) electrons. The number of carbonyl (C=O) groups is 1. The van der Waals surface area contributed by atoms with Gasteiger partial charge in [0.1, 0.15) is 6.54 Å². The smallest absolute Gasteiger partial charge is 0.261 e. The molecule has 2 heterocycles. The average Bonchev–Trinajstić information content (AvgIpc) is 2.89. The number of nitrogens with zero attached hydrogens (tertiary/aromatic N) is 3. The van der Waals surface area contributed by atoms with Crippen molar-refractivity contribution in [2.75, 3.05) is 39.7 Å². The topological polar surface area (TPSA) is 129 Å². The molecule has 4 rings (SSSR count). The highest BCUT2D eigenvalue weighted by Gasteiger charge is 2.28. The van der Waals surface area contributed by atoms with Crippen LogP contribution in [0.2, 0.25) is 0 Å². The van der Waals surface area contributed by atoms with E-state index in [2.05, 4.69) is 17.2 Å². The Morgan fingerprint density at radius 1 is 1.05 bits per heavy atom. The monoisotopic (exact) mass is 530 g/mol. The highest BCUT2D eigenvalue weighted by molar-refractivity contribution is 7.89. The van der Waals surface area contributed by atoms with Gasteiger partial charge < -0.3 is 19.5 Å². The third-order valence-corrected chi connectivity index (χ3v) is 8.33. The number of anilines is 1. The van der Waals surface area contributed by atoms with Crippen LogP contribution in [-0.4, -0.2) is 62.6 Å². The molecule has 0 aliphatic carbocycles. The van der Waals surface area contributed by atoms with Crippen LogP contribution >= 0.6 is 0 Å². The molecule has 0 spiro atoms. The predicted octanol–water partition coefficient (Wildman–Crippen LogP) is 2.48. The van der Waals surface area contributed by atoms with E-state index in [1.54, 1.807) is 12.1 Å². The lowest BCUT2D eigenvalue weighted by Crippen LogP contribution is -2.38. The van der Waals surface area contributed by atoms with E-state index in [9.17, 15) is 18.0 Å². The Balaban J connectivity index is 1.59. The van der Waals surface area contributed by atoms with Crippen LogP contribution < -0.4 is 25.1 Å². The van der Waals surface area contributed by atoms with E-state index in [1.165, 1.54) is 50.2 Å². The molecule has 1 aromatic heterocycles. The molecule has 0 atom stereocenters. The summed E-state index contributed by atoms with van der Waals surface area (Å²) in [6, 6.07) is 7.45. The number of carbonyl (C=O) groups excluding carboxylic acids is 1. The van der Waals surface area contributed by atoms with Crippen molar-refractivity contribution in [3.8, 4) is 17.2 Å². The van der Waals surface area contributed by atoms with Crippen molar-refractivity contribution in [1.82, 2.24) is 13.9 Å². The van der Waals surface area contributed by atoms with Crippen molar-refractivity contribution in [2.24, 2.45) is 5.92 Å². The predicted molar refractivity (Wildman–Crippen MR) is 138 cm³/mol. The fraction of sp³-hybridized carbons (Fsp3) is 0.400. The molecule has 0 bridgehead atoms. The van der Waals surface area contributed by atoms with Gasteiger partial charge in [-0.1, -0.05) is 6.92 Å². The first kappa shape index (κ1) is 26.4. The van der Waals surface area contributed by atoms with Gasteiger partial charge in [0.15, 0.2) is 11.5 Å². The van der Waals surface area contributed by atoms with Crippen molar-refractivity contribution in [2.45, 2.75) is 31.2 Å². The first-order valence-corrected chi connectivity index (χ1v) is 13.2. The van der Waals surface area contributed by atoms with Crippen molar-refractivity contribution < 1.29 is 27.4 Å². The number of ether oxygens (including phenoxy) is 3. The number of hydrogen-bond donors (Lipinski definition) is 1. The summed E-state index contributed by atoms with van der Waals surface area (Å²) in [6.07, 6.45) is 2.85. The number of amides is 1. The lowest BCUT2D eigenvalue weighted by molar-refractivity contribution is -0.116. The zero-order valence-corrected chi connectivity index (χ0v) is 22.0. The lowest BCUT2D eigenvalue weighted by atomic mass is 10.0. The maximum absolute atomic E-state index is 13.2.